The molecule has 90 valence electrons. The van der Waals surface area contributed by atoms with Crippen LogP contribution in [-0.2, 0) is 6.42 Å². The number of nitrogens with one attached hydrogen (secondary N) is 1. The maximum Gasteiger partial charge on any atom is 0.126 e. The van der Waals surface area contributed by atoms with Crippen molar-refractivity contribution in [3.63, 3.8) is 0 Å². The first-order valence-corrected chi connectivity index (χ1v) is 6.15. The minimum Gasteiger partial charge on any atom is -0.314 e. The van der Waals surface area contributed by atoms with Gasteiger partial charge in [0.1, 0.15) is 5.82 Å². The number of hydrogen-bond donors (Lipinski definition) is 1. The van der Waals surface area contributed by atoms with Crippen LogP contribution < -0.4 is 5.32 Å². The topological polar surface area (TPSA) is 12.0 Å². The van der Waals surface area contributed by atoms with E-state index in [1.165, 1.54) is 6.07 Å². The number of rotatable bonds is 6. The Kier molecular flexibility index (Phi) is 5.47. The van der Waals surface area contributed by atoms with Gasteiger partial charge >= 0.3 is 0 Å². The fourth-order valence-electron chi connectivity index (χ4n) is 1.92. The zero-order valence-electron chi connectivity index (χ0n) is 10.5. The molecule has 0 spiro atoms. The Balaban J connectivity index is 2.71. The third-order valence-electron chi connectivity index (χ3n) is 3.19. The van der Waals surface area contributed by atoms with Gasteiger partial charge in [-0.3, -0.25) is 0 Å². The van der Waals surface area contributed by atoms with Gasteiger partial charge in [-0.1, -0.05) is 45.4 Å². The molecule has 0 fully saturated rings. The molecule has 0 bridgehead atoms. The lowest BCUT2D eigenvalue weighted by Crippen LogP contribution is -2.36. The summed E-state index contributed by atoms with van der Waals surface area (Å²) in [7, 11) is 0. The molecule has 2 heteroatoms. The third kappa shape index (κ3) is 3.60. The number of likely N-dealkylation sites (N-methyl/N-ethyl adjacent to an activating group) is 1. The van der Waals surface area contributed by atoms with Crippen LogP contribution in [0.25, 0.3) is 0 Å². The number of halogens is 1. The quantitative estimate of drug-likeness (QED) is 0.779. The molecule has 1 nitrogen and oxygen atoms in total. The average Bonchev–Trinajstić information content (AvgIpc) is 2.30. The molecule has 0 aliphatic rings. The molecule has 0 saturated carbocycles. The summed E-state index contributed by atoms with van der Waals surface area (Å²) < 4.78 is 13.5. The maximum atomic E-state index is 13.5. The van der Waals surface area contributed by atoms with Crippen LogP contribution in [0, 0.1) is 11.7 Å². The Hall–Kier alpha value is -0.890. The first-order valence-electron chi connectivity index (χ1n) is 6.15. The highest BCUT2D eigenvalue weighted by Crippen LogP contribution is 2.15. The van der Waals surface area contributed by atoms with Crippen molar-refractivity contribution in [3.05, 3.63) is 35.6 Å². The minimum atomic E-state index is -0.0892. The molecular formula is C14H22FN. The predicted octanol–water partition coefficient (Wildman–Crippen LogP) is 3.39. The van der Waals surface area contributed by atoms with Crippen molar-refractivity contribution >= 4 is 0 Å². The molecule has 0 saturated heterocycles. The molecule has 0 aromatic heterocycles. The molecule has 2 atom stereocenters. The zero-order chi connectivity index (χ0) is 12.0. The van der Waals surface area contributed by atoms with Crippen LogP contribution in [0.3, 0.4) is 0 Å². The van der Waals surface area contributed by atoms with Crippen LogP contribution >= 0.6 is 0 Å². The van der Waals surface area contributed by atoms with E-state index >= 15 is 0 Å². The highest BCUT2D eigenvalue weighted by Gasteiger charge is 2.16. The lowest BCUT2D eigenvalue weighted by Gasteiger charge is -2.24. The van der Waals surface area contributed by atoms with Crippen LogP contribution in [0.5, 0.6) is 0 Å². The smallest absolute Gasteiger partial charge is 0.126 e. The zero-order valence-corrected chi connectivity index (χ0v) is 10.5. The fourth-order valence-corrected chi connectivity index (χ4v) is 1.92. The van der Waals surface area contributed by atoms with E-state index in [9.17, 15) is 4.39 Å². The molecule has 0 radical (unpaired) electrons. The molecule has 0 aliphatic carbocycles. The molecular weight excluding hydrogens is 201 g/mol. The molecule has 0 aliphatic heterocycles. The highest BCUT2D eigenvalue weighted by atomic mass is 19.1. The Morgan fingerprint density at radius 2 is 1.94 bits per heavy atom. The summed E-state index contributed by atoms with van der Waals surface area (Å²) >= 11 is 0. The highest BCUT2D eigenvalue weighted by molar-refractivity contribution is 5.18. The Bertz CT molecular complexity index is 311. The van der Waals surface area contributed by atoms with Crippen molar-refractivity contribution in [2.24, 2.45) is 5.92 Å². The van der Waals surface area contributed by atoms with E-state index in [2.05, 4.69) is 26.1 Å². The summed E-state index contributed by atoms with van der Waals surface area (Å²) in [5.74, 6) is 0.480. The molecule has 2 unspecified atom stereocenters. The summed E-state index contributed by atoms with van der Waals surface area (Å²) in [6.45, 7) is 7.42. The van der Waals surface area contributed by atoms with Crippen LogP contribution in [0.2, 0.25) is 0 Å². The van der Waals surface area contributed by atoms with Crippen molar-refractivity contribution < 1.29 is 4.39 Å². The molecule has 0 heterocycles. The fraction of sp³-hybridized carbons (Fsp3) is 0.571. The van der Waals surface area contributed by atoms with Gasteiger partial charge in [-0.2, -0.15) is 0 Å². The molecule has 1 aromatic rings. The summed E-state index contributed by atoms with van der Waals surface area (Å²) in [5.41, 5.74) is 0.814. The van der Waals surface area contributed by atoms with Crippen molar-refractivity contribution in [3.8, 4) is 0 Å². The molecule has 1 N–H and O–H groups in total. The van der Waals surface area contributed by atoms with Gasteiger partial charge in [0.15, 0.2) is 0 Å². The summed E-state index contributed by atoms with van der Waals surface area (Å²) in [4.78, 5) is 0. The van der Waals surface area contributed by atoms with E-state index in [0.717, 1.165) is 24.9 Å². The lowest BCUT2D eigenvalue weighted by molar-refractivity contribution is 0.367. The van der Waals surface area contributed by atoms with Crippen LogP contribution in [0.1, 0.15) is 32.8 Å². The largest absolute Gasteiger partial charge is 0.314 e. The second kappa shape index (κ2) is 6.64. The minimum absolute atomic E-state index is 0.0892. The van der Waals surface area contributed by atoms with Crippen molar-refractivity contribution in [2.45, 2.75) is 39.7 Å². The average molecular weight is 223 g/mol. The first-order chi connectivity index (χ1) is 7.69. The number of hydrogen-bond acceptors (Lipinski definition) is 1. The van der Waals surface area contributed by atoms with Crippen LogP contribution in [-0.4, -0.2) is 12.6 Å². The van der Waals surface area contributed by atoms with Gasteiger partial charge < -0.3 is 5.32 Å². The molecule has 16 heavy (non-hydrogen) atoms. The van der Waals surface area contributed by atoms with E-state index in [1.54, 1.807) is 6.07 Å². The summed E-state index contributed by atoms with van der Waals surface area (Å²) in [6.07, 6.45) is 1.89. The Labute approximate surface area is 98.1 Å². The van der Waals surface area contributed by atoms with Crippen LogP contribution in [0.15, 0.2) is 24.3 Å². The van der Waals surface area contributed by atoms with E-state index in [-0.39, 0.29) is 5.82 Å². The van der Waals surface area contributed by atoms with Gasteiger partial charge in [-0.15, -0.1) is 0 Å². The Morgan fingerprint density at radius 3 is 2.50 bits per heavy atom. The van der Waals surface area contributed by atoms with E-state index in [4.69, 9.17) is 0 Å². The van der Waals surface area contributed by atoms with Gasteiger partial charge in [-0.25, -0.2) is 4.39 Å². The SMILES string of the molecule is CCNC(Cc1ccccc1F)C(C)CC. The molecule has 1 aromatic carbocycles. The normalized spacial score (nSPS) is 14.8. The van der Waals surface area contributed by atoms with Gasteiger partial charge in [-0.05, 0) is 30.5 Å². The second-order valence-electron chi connectivity index (χ2n) is 4.35. The van der Waals surface area contributed by atoms with E-state index in [0.29, 0.717) is 12.0 Å². The summed E-state index contributed by atoms with van der Waals surface area (Å²) in [6, 6.07) is 7.42. The number of benzene rings is 1. The monoisotopic (exact) mass is 223 g/mol. The molecule has 1 rings (SSSR count). The Morgan fingerprint density at radius 1 is 1.25 bits per heavy atom. The maximum absolute atomic E-state index is 13.5. The van der Waals surface area contributed by atoms with Crippen molar-refractivity contribution in [2.75, 3.05) is 6.54 Å². The lowest BCUT2D eigenvalue weighted by atomic mass is 9.93. The van der Waals surface area contributed by atoms with Crippen molar-refractivity contribution in [1.29, 1.82) is 0 Å². The van der Waals surface area contributed by atoms with Crippen molar-refractivity contribution in [1.82, 2.24) is 5.32 Å². The first kappa shape index (κ1) is 13.2. The third-order valence-corrected chi connectivity index (χ3v) is 3.19. The second-order valence-corrected chi connectivity index (χ2v) is 4.35. The predicted molar refractivity (Wildman–Crippen MR) is 67.0 cm³/mol. The van der Waals surface area contributed by atoms with E-state index < -0.39 is 0 Å². The molecule has 0 amide bonds. The van der Waals surface area contributed by atoms with Gasteiger partial charge in [0, 0.05) is 6.04 Å². The van der Waals surface area contributed by atoms with Gasteiger partial charge in [0.05, 0.1) is 0 Å². The van der Waals surface area contributed by atoms with Crippen LogP contribution in [0.4, 0.5) is 4.39 Å². The standard InChI is InChI=1S/C14H22FN/c1-4-11(3)14(16-5-2)10-12-8-6-7-9-13(12)15/h6-9,11,14,16H,4-5,10H2,1-3H3. The van der Waals surface area contributed by atoms with Gasteiger partial charge in [0.25, 0.3) is 0 Å². The van der Waals surface area contributed by atoms with E-state index in [1.807, 2.05) is 12.1 Å². The van der Waals surface area contributed by atoms with Gasteiger partial charge in [0.2, 0.25) is 0 Å². The summed E-state index contributed by atoms with van der Waals surface area (Å²) in [5, 5.41) is 3.44.